The molecule has 6 nitrogen and oxygen atoms in total. The minimum absolute atomic E-state index is 0.00731. The van der Waals surface area contributed by atoms with Crippen LogP contribution in [0.1, 0.15) is 43.7 Å². The first-order chi connectivity index (χ1) is 10.7. The van der Waals surface area contributed by atoms with Crippen LogP contribution in [-0.4, -0.2) is 32.3 Å². The van der Waals surface area contributed by atoms with Crippen LogP contribution in [-0.2, 0) is 17.8 Å². The summed E-state index contributed by atoms with van der Waals surface area (Å²) < 4.78 is 6.91. The zero-order valence-corrected chi connectivity index (χ0v) is 13.3. The van der Waals surface area contributed by atoms with Crippen LogP contribution in [0.2, 0.25) is 5.02 Å². The van der Waals surface area contributed by atoms with E-state index in [0.29, 0.717) is 5.02 Å². The molecule has 1 aliphatic rings. The highest BCUT2D eigenvalue weighted by atomic mass is 35.5. The Morgan fingerprint density at radius 2 is 2.41 bits per heavy atom. The number of nitrogens with zero attached hydrogens (tertiary/aromatic N) is 4. The Morgan fingerprint density at radius 3 is 3.14 bits per heavy atom. The van der Waals surface area contributed by atoms with Crippen molar-refractivity contribution in [2.24, 2.45) is 0 Å². The molecule has 1 fully saturated rings. The molecular weight excluding hydrogens is 304 g/mol. The number of amides is 1. The van der Waals surface area contributed by atoms with Crippen molar-refractivity contribution >= 4 is 17.5 Å². The molecule has 3 heterocycles. The van der Waals surface area contributed by atoms with Crippen LogP contribution >= 0.6 is 11.6 Å². The topological polar surface area (TPSA) is 64.2 Å². The van der Waals surface area contributed by atoms with Gasteiger partial charge in [0.1, 0.15) is 18.0 Å². The standard InChI is InChI=1S/C15H19ClN4O2/c1-2-4-12-7-13(18-22-12)14-5-3-6-20(14)15(21)10-19-9-11(16)8-17-19/h7-9,14H,2-6,10H2,1H3/t14-/m0/s1. The van der Waals surface area contributed by atoms with Gasteiger partial charge in [-0.2, -0.15) is 5.10 Å². The van der Waals surface area contributed by atoms with E-state index in [1.807, 2.05) is 11.0 Å². The second kappa shape index (κ2) is 6.52. The molecule has 0 saturated carbocycles. The number of likely N-dealkylation sites (tertiary alicyclic amines) is 1. The summed E-state index contributed by atoms with van der Waals surface area (Å²) in [5.74, 6) is 0.915. The summed E-state index contributed by atoms with van der Waals surface area (Å²) >= 11 is 5.83. The van der Waals surface area contributed by atoms with E-state index < -0.39 is 0 Å². The first kappa shape index (κ1) is 15.1. The van der Waals surface area contributed by atoms with Crippen LogP contribution in [0, 0.1) is 0 Å². The van der Waals surface area contributed by atoms with E-state index in [-0.39, 0.29) is 18.5 Å². The summed E-state index contributed by atoms with van der Waals surface area (Å²) in [6.07, 6.45) is 6.97. The molecule has 0 radical (unpaired) electrons. The molecule has 0 N–H and O–H groups in total. The number of hydrogen-bond acceptors (Lipinski definition) is 4. The van der Waals surface area contributed by atoms with Gasteiger partial charge < -0.3 is 9.42 Å². The summed E-state index contributed by atoms with van der Waals surface area (Å²) in [4.78, 5) is 14.4. The molecule has 1 aliphatic heterocycles. The molecule has 2 aromatic rings. The Bertz CT molecular complexity index is 652. The van der Waals surface area contributed by atoms with Crippen molar-refractivity contribution in [3.63, 3.8) is 0 Å². The summed E-state index contributed by atoms with van der Waals surface area (Å²) in [5, 5.41) is 8.74. The van der Waals surface area contributed by atoms with Gasteiger partial charge in [-0.15, -0.1) is 0 Å². The van der Waals surface area contributed by atoms with E-state index in [1.54, 1.807) is 10.9 Å². The van der Waals surface area contributed by atoms with Crippen molar-refractivity contribution in [1.82, 2.24) is 19.8 Å². The first-order valence-electron chi connectivity index (χ1n) is 7.60. The molecule has 3 rings (SSSR count). The summed E-state index contributed by atoms with van der Waals surface area (Å²) in [7, 11) is 0. The molecule has 1 amide bonds. The van der Waals surface area contributed by atoms with Crippen LogP contribution in [0.5, 0.6) is 0 Å². The molecule has 0 spiro atoms. The number of aromatic nitrogens is 3. The van der Waals surface area contributed by atoms with Gasteiger partial charge in [-0.1, -0.05) is 23.7 Å². The van der Waals surface area contributed by atoms with Gasteiger partial charge in [-0.3, -0.25) is 9.48 Å². The van der Waals surface area contributed by atoms with Crippen LogP contribution in [0.4, 0.5) is 0 Å². The van der Waals surface area contributed by atoms with E-state index in [9.17, 15) is 4.79 Å². The van der Waals surface area contributed by atoms with Crippen molar-refractivity contribution in [3.05, 3.63) is 34.9 Å². The molecule has 2 aromatic heterocycles. The van der Waals surface area contributed by atoms with E-state index in [0.717, 1.165) is 43.7 Å². The molecule has 0 bridgehead atoms. The van der Waals surface area contributed by atoms with Crippen molar-refractivity contribution in [2.45, 2.75) is 45.2 Å². The predicted octanol–water partition coefficient (Wildman–Crippen LogP) is 2.84. The van der Waals surface area contributed by atoms with Crippen LogP contribution in [0.3, 0.4) is 0 Å². The zero-order chi connectivity index (χ0) is 15.5. The first-order valence-corrected chi connectivity index (χ1v) is 7.98. The molecule has 22 heavy (non-hydrogen) atoms. The van der Waals surface area contributed by atoms with Crippen molar-refractivity contribution in [2.75, 3.05) is 6.54 Å². The lowest BCUT2D eigenvalue weighted by atomic mass is 10.1. The zero-order valence-electron chi connectivity index (χ0n) is 12.5. The Balaban J connectivity index is 1.70. The lowest BCUT2D eigenvalue weighted by molar-refractivity contribution is -0.133. The van der Waals surface area contributed by atoms with Gasteiger partial charge in [-0.25, -0.2) is 0 Å². The van der Waals surface area contributed by atoms with E-state index >= 15 is 0 Å². The van der Waals surface area contributed by atoms with Crippen molar-refractivity contribution in [3.8, 4) is 0 Å². The Hall–Kier alpha value is -1.82. The average molecular weight is 323 g/mol. The fourth-order valence-electron chi connectivity index (χ4n) is 2.88. The largest absolute Gasteiger partial charge is 0.361 e. The third kappa shape index (κ3) is 3.16. The summed E-state index contributed by atoms with van der Waals surface area (Å²) in [5.41, 5.74) is 0.854. The number of aryl methyl sites for hydroxylation is 1. The smallest absolute Gasteiger partial charge is 0.244 e. The average Bonchev–Trinajstić information content (AvgIpc) is 3.19. The summed E-state index contributed by atoms with van der Waals surface area (Å²) in [6, 6.07) is 1.98. The highest BCUT2D eigenvalue weighted by molar-refractivity contribution is 6.30. The number of halogens is 1. The molecule has 7 heteroatoms. The lowest BCUT2D eigenvalue weighted by Crippen LogP contribution is -2.33. The fraction of sp³-hybridized carbons (Fsp3) is 0.533. The molecule has 118 valence electrons. The van der Waals surface area contributed by atoms with Crippen LogP contribution in [0.25, 0.3) is 0 Å². The van der Waals surface area contributed by atoms with Gasteiger partial charge >= 0.3 is 0 Å². The summed E-state index contributed by atoms with van der Waals surface area (Å²) in [6.45, 7) is 3.04. The Morgan fingerprint density at radius 1 is 1.55 bits per heavy atom. The van der Waals surface area contributed by atoms with Gasteiger partial charge in [0.25, 0.3) is 0 Å². The molecule has 0 unspecified atom stereocenters. The van der Waals surface area contributed by atoms with Crippen molar-refractivity contribution in [1.29, 1.82) is 0 Å². The number of rotatable bonds is 5. The lowest BCUT2D eigenvalue weighted by Gasteiger charge is -2.22. The normalized spacial score (nSPS) is 18.1. The molecule has 1 atom stereocenters. The monoisotopic (exact) mass is 322 g/mol. The SMILES string of the molecule is CCCc1cc([C@@H]2CCCN2C(=O)Cn2cc(Cl)cn2)no1. The van der Waals surface area contributed by atoms with Crippen molar-refractivity contribution < 1.29 is 9.32 Å². The maximum atomic E-state index is 12.5. The quantitative estimate of drug-likeness (QED) is 0.849. The minimum Gasteiger partial charge on any atom is -0.361 e. The number of carbonyl (C=O) groups excluding carboxylic acids is 1. The highest BCUT2D eigenvalue weighted by Gasteiger charge is 2.32. The maximum absolute atomic E-state index is 12.5. The van der Waals surface area contributed by atoms with E-state index in [4.69, 9.17) is 16.1 Å². The fourth-order valence-corrected chi connectivity index (χ4v) is 3.03. The maximum Gasteiger partial charge on any atom is 0.244 e. The Kier molecular flexibility index (Phi) is 4.47. The number of carbonyl (C=O) groups is 1. The molecule has 1 saturated heterocycles. The van der Waals surface area contributed by atoms with Gasteiger partial charge in [0, 0.05) is 25.2 Å². The highest BCUT2D eigenvalue weighted by Crippen LogP contribution is 2.32. The van der Waals surface area contributed by atoms with Gasteiger partial charge in [0.2, 0.25) is 5.91 Å². The van der Waals surface area contributed by atoms with Crippen LogP contribution in [0.15, 0.2) is 23.0 Å². The Labute approximate surface area is 134 Å². The van der Waals surface area contributed by atoms with E-state index in [2.05, 4.69) is 17.2 Å². The molecule has 0 aromatic carbocycles. The van der Waals surface area contributed by atoms with Crippen LogP contribution < -0.4 is 0 Å². The van der Waals surface area contributed by atoms with E-state index in [1.165, 1.54) is 6.20 Å². The second-order valence-electron chi connectivity index (χ2n) is 5.57. The third-order valence-electron chi connectivity index (χ3n) is 3.89. The van der Waals surface area contributed by atoms with Gasteiger partial charge in [0.15, 0.2) is 0 Å². The minimum atomic E-state index is 0.00731. The predicted molar refractivity (Wildman–Crippen MR) is 81.4 cm³/mol. The number of hydrogen-bond donors (Lipinski definition) is 0. The molecule has 0 aliphatic carbocycles. The second-order valence-corrected chi connectivity index (χ2v) is 6.01. The molecular formula is C15H19ClN4O2. The van der Waals surface area contributed by atoms with Gasteiger partial charge in [0.05, 0.1) is 17.3 Å². The third-order valence-corrected chi connectivity index (χ3v) is 4.08. The van der Waals surface area contributed by atoms with Gasteiger partial charge in [-0.05, 0) is 19.3 Å².